The van der Waals surface area contributed by atoms with Gasteiger partial charge in [0.05, 0.1) is 0 Å². The van der Waals surface area contributed by atoms with Gasteiger partial charge in [0.25, 0.3) is 0 Å². The summed E-state index contributed by atoms with van der Waals surface area (Å²) in [6.45, 7) is 8.11. The van der Waals surface area contributed by atoms with Crippen LogP contribution in [0.2, 0.25) is 0 Å². The molecule has 4 nitrogen and oxygen atoms in total. The number of rotatable bonds is 3. The monoisotopic (exact) mass is 301 g/mol. The van der Waals surface area contributed by atoms with E-state index < -0.39 is 0 Å². The molecule has 4 heteroatoms. The number of amides is 1. The van der Waals surface area contributed by atoms with E-state index in [0.29, 0.717) is 6.42 Å². The molecular formula is C18H27N3O. The van der Waals surface area contributed by atoms with Crippen molar-refractivity contribution in [3.63, 3.8) is 0 Å². The molecule has 0 aromatic heterocycles. The smallest absolute Gasteiger partial charge is 0.228 e. The Labute approximate surface area is 133 Å². The minimum absolute atomic E-state index is 0.140. The van der Waals surface area contributed by atoms with Gasteiger partial charge in [0.1, 0.15) is 0 Å². The topological polar surface area (TPSA) is 49.6 Å². The molecule has 0 bridgehead atoms. The number of para-hydroxylation sites is 1. The van der Waals surface area contributed by atoms with Gasteiger partial charge in [-0.2, -0.15) is 0 Å². The number of fused-ring (bicyclic) bond motifs is 1. The predicted molar refractivity (Wildman–Crippen MR) is 89.9 cm³/mol. The van der Waals surface area contributed by atoms with Crippen molar-refractivity contribution in [1.82, 2.24) is 4.90 Å². The molecular weight excluding hydrogens is 274 g/mol. The third-order valence-electron chi connectivity index (χ3n) is 5.22. The van der Waals surface area contributed by atoms with Gasteiger partial charge in [0, 0.05) is 37.8 Å². The minimum Gasteiger partial charge on any atom is -0.327 e. The average Bonchev–Trinajstić information content (AvgIpc) is 2.92. The van der Waals surface area contributed by atoms with E-state index in [2.05, 4.69) is 30.9 Å². The molecule has 2 aliphatic heterocycles. The molecule has 1 unspecified atom stereocenters. The molecule has 22 heavy (non-hydrogen) atoms. The maximum atomic E-state index is 12.6. The van der Waals surface area contributed by atoms with Crippen LogP contribution in [-0.2, 0) is 11.2 Å². The lowest BCUT2D eigenvalue weighted by atomic mass is 9.79. The van der Waals surface area contributed by atoms with E-state index >= 15 is 0 Å². The second-order valence-corrected chi connectivity index (χ2v) is 7.33. The molecule has 0 radical (unpaired) electrons. The number of nitrogens with zero attached hydrogens (tertiary/aromatic N) is 2. The predicted octanol–water partition coefficient (Wildman–Crippen LogP) is 2.02. The average molecular weight is 301 g/mol. The molecule has 1 aromatic rings. The summed E-state index contributed by atoms with van der Waals surface area (Å²) in [7, 11) is 0. The highest BCUT2D eigenvalue weighted by Gasteiger charge is 2.33. The zero-order chi connectivity index (χ0) is 15.7. The Morgan fingerprint density at radius 3 is 2.86 bits per heavy atom. The molecule has 1 fully saturated rings. The Bertz CT molecular complexity index is 555. The molecule has 0 aliphatic carbocycles. The van der Waals surface area contributed by atoms with Gasteiger partial charge >= 0.3 is 0 Å². The lowest BCUT2D eigenvalue weighted by Gasteiger charge is -2.42. The van der Waals surface area contributed by atoms with Crippen LogP contribution in [-0.4, -0.2) is 43.0 Å². The van der Waals surface area contributed by atoms with Gasteiger partial charge in [-0.25, -0.2) is 0 Å². The fourth-order valence-corrected chi connectivity index (χ4v) is 3.66. The van der Waals surface area contributed by atoms with E-state index in [1.165, 1.54) is 5.56 Å². The van der Waals surface area contributed by atoms with Gasteiger partial charge in [0.2, 0.25) is 5.91 Å². The number of hydrogen-bond donors (Lipinski definition) is 1. The Morgan fingerprint density at radius 2 is 2.09 bits per heavy atom. The second-order valence-electron chi connectivity index (χ2n) is 7.33. The number of piperidine rings is 1. The maximum absolute atomic E-state index is 12.6. The van der Waals surface area contributed by atoms with E-state index in [0.717, 1.165) is 44.7 Å². The van der Waals surface area contributed by atoms with Crippen molar-refractivity contribution in [1.29, 1.82) is 0 Å². The van der Waals surface area contributed by atoms with E-state index in [1.54, 1.807) is 0 Å². The van der Waals surface area contributed by atoms with Crippen molar-refractivity contribution < 1.29 is 4.79 Å². The van der Waals surface area contributed by atoms with Crippen molar-refractivity contribution in [3.8, 4) is 0 Å². The number of benzene rings is 1. The van der Waals surface area contributed by atoms with E-state index in [9.17, 15) is 4.79 Å². The number of likely N-dealkylation sites (tertiary alicyclic amines) is 1. The largest absolute Gasteiger partial charge is 0.327 e. The van der Waals surface area contributed by atoms with Crippen LogP contribution in [0.15, 0.2) is 24.3 Å². The third kappa shape index (κ3) is 3.03. The molecule has 2 heterocycles. The van der Waals surface area contributed by atoms with Gasteiger partial charge < -0.3 is 15.5 Å². The second kappa shape index (κ2) is 6.01. The molecule has 2 N–H and O–H groups in total. The summed E-state index contributed by atoms with van der Waals surface area (Å²) in [4.78, 5) is 16.9. The number of carbonyl (C=O) groups is 1. The third-order valence-corrected chi connectivity index (χ3v) is 5.22. The summed E-state index contributed by atoms with van der Waals surface area (Å²) in [5.41, 5.74) is 8.72. The Kier molecular flexibility index (Phi) is 4.24. The molecule has 2 aliphatic rings. The van der Waals surface area contributed by atoms with Crippen LogP contribution in [0, 0.1) is 5.41 Å². The van der Waals surface area contributed by atoms with E-state index in [4.69, 9.17) is 5.73 Å². The first-order chi connectivity index (χ1) is 10.5. The first kappa shape index (κ1) is 15.5. The molecule has 1 amide bonds. The highest BCUT2D eigenvalue weighted by molar-refractivity contribution is 5.95. The molecule has 120 valence electrons. The molecule has 1 atom stereocenters. The van der Waals surface area contributed by atoms with Gasteiger partial charge in [-0.1, -0.05) is 32.0 Å². The van der Waals surface area contributed by atoms with E-state index in [1.807, 2.05) is 17.0 Å². The SMILES string of the molecule is CC1(C)CN(CCC(=O)N2CCc3ccccc32)CCC1N. The molecule has 1 aromatic carbocycles. The van der Waals surface area contributed by atoms with Gasteiger partial charge in [0.15, 0.2) is 0 Å². The first-order valence-electron chi connectivity index (χ1n) is 8.33. The molecule has 1 saturated heterocycles. The van der Waals surface area contributed by atoms with Crippen LogP contribution < -0.4 is 10.6 Å². The zero-order valence-corrected chi connectivity index (χ0v) is 13.7. The summed E-state index contributed by atoms with van der Waals surface area (Å²) < 4.78 is 0. The number of nitrogens with two attached hydrogens (primary N) is 1. The standard InChI is InChI=1S/C18H27N3O/c1-18(2)13-20(10-8-16(18)19)11-9-17(22)21-12-7-14-5-3-4-6-15(14)21/h3-6,16H,7-13,19H2,1-2H3. The minimum atomic E-state index is 0.140. The van der Waals surface area contributed by atoms with Gasteiger partial charge in [-0.3, -0.25) is 4.79 Å². The van der Waals surface area contributed by atoms with Crippen LogP contribution >= 0.6 is 0 Å². The summed E-state index contributed by atoms with van der Waals surface area (Å²) in [6, 6.07) is 8.51. The normalized spacial score (nSPS) is 24.3. The summed E-state index contributed by atoms with van der Waals surface area (Å²) >= 11 is 0. The highest BCUT2D eigenvalue weighted by atomic mass is 16.2. The van der Waals surface area contributed by atoms with E-state index in [-0.39, 0.29) is 17.4 Å². The molecule has 0 saturated carbocycles. The Hall–Kier alpha value is -1.39. The highest BCUT2D eigenvalue weighted by Crippen LogP contribution is 2.29. The zero-order valence-electron chi connectivity index (χ0n) is 13.7. The number of carbonyl (C=O) groups excluding carboxylic acids is 1. The molecule has 0 spiro atoms. The lowest BCUT2D eigenvalue weighted by Crippen LogP contribution is -2.52. The number of anilines is 1. The number of hydrogen-bond acceptors (Lipinski definition) is 3. The van der Waals surface area contributed by atoms with Crippen LogP contribution in [0.25, 0.3) is 0 Å². The van der Waals surface area contributed by atoms with Gasteiger partial charge in [-0.15, -0.1) is 0 Å². The van der Waals surface area contributed by atoms with Crippen LogP contribution in [0.4, 0.5) is 5.69 Å². The van der Waals surface area contributed by atoms with Crippen LogP contribution in [0.1, 0.15) is 32.3 Å². The lowest BCUT2D eigenvalue weighted by molar-refractivity contribution is -0.119. The van der Waals surface area contributed by atoms with Crippen molar-refractivity contribution in [2.75, 3.05) is 31.1 Å². The van der Waals surface area contributed by atoms with Crippen molar-refractivity contribution >= 4 is 11.6 Å². The quantitative estimate of drug-likeness (QED) is 0.929. The van der Waals surface area contributed by atoms with Gasteiger partial charge in [-0.05, 0) is 36.4 Å². The van der Waals surface area contributed by atoms with Crippen molar-refractivity contribution in [3.05, 3.63) is 29.8 Å². The summed E-state index contributed by atoms with van der Waals surface area (Å²) in [5, 5.41) is 0. The maximum Gasteiger partial charge on any atom is 0.228 e. The fourth-order valence-electron chi connectivity index (χ4n) is 3.66. The summed E-state index contributed by atoms with van der Waals surface area (Å²) in [5.74, 6) is 0.248. The molecule has 3 rings (SSSR count). The fraction of sp³-hybridized carbons (Fsp3) is 0.611. The Balaban J connectivity index is 1.56. The summed E-state index contributed by atoms with van der Waals surface area (Å²) in [6.07, 6.45) is 2.60. The van der Waals surface area contributed by atoms with Crippen LogP contribution in [0.3, 0.4) is 0 Å². The Morgan fingerprint density at radius 1 is 1.32 bits per heavy atom. The van der Waals surface area contributed by atoms with Crippen LogP contribution in [0.5, 0.6) is 0 Å². The first-order valence-corrected chi connectivity index (χ1v) is 8.33. The van der Waals surface area contributed by atoms with Crippen molar-refractivity contribution in [2.45, 2.75) is 39.2 Å². The van der Waals surface area contributed by atoms with Crippen molar-refractivity contribution in [2.24, 2.45) is 11.1 Å².